The summed E-state index contributed by atoms with van der Waals surface area (Å²) in [7, 11) is 1.89. The van der Waals surface area contributed by atoms with Crippen LogP contribution in [0.15, 0.2) is 30.6 Å². The normalized spacial score (nSPS) is 13.4. The van der Waals surface area contributed by atoms with Crippen LogP contribution in [0.5, 0.6) is 0 Å². The molecule has 5 nitrogen and oxygen atoms in total. The Balaban J connectivity index is 1.63. The number of fused-ring (bicyclic) bond motifs is 1. The zero-order valence-corrected chi connectivity index (χ0v) is 12.2. The van der Waals surface area contributed by atoms with Crippen LogP contribution in [0.2, 0.25) is 0 Å². The van der Waals surface area contributed by atoms with Gasteiger partial charge >= 0.3 is 0 Å². The van der Waals surface area contributed by atoms with Crippen LogP contribution < -0.4 is 10.6 Å². The van der Waals surface area contributed by atoms with Gasteiger partial charge in [-0.3, -0.25) is 9.48 Å². The Morgan fingerprint density at radius 1 is 1.48 bits per heavy atom. The zero-order chi connectivity index (χ0) is 14.7. The van der Waals surface area contributed by atoms with Crippen LogP contribution in [0.25, 0.3) is 0 Å². The van der Waals surface area contributed by atoms with Gasteiger partial charge in [0.15, 0.2) is 0 Å². The molecule has 1 aliphatic rings. The second-order valence-electron chi connectivity index (χ2n) is 5.40. The highest BCUT2D eigenvalue weighted by atomic mass is 16.1. The van der Waals surface area contributed by atoms with E-state index in [2.05, 4.69) is 21.8 Å². The van der Waals surface area contributed by atoms with E-state index in [0.717, 1.165) is 42.6 Å². The maximum Gasteiger partial charge on any atom is 0.253 e. The fourth-order valence-electron chi connectivity index (χ4n) is 2.72. The molecule has 0 atom stereocenters. The molecule has 0 unspecified atom stereocenters. The smallest absolute Gasteiger partial charge is 0.253 e. The second-order valence-corrected chi connectivity index (χ2v) is 5.40. The number of para-hydroxylation sites is 1. The van der Waals surface area contributed by atoms with Crippen LogP contribution in [0.4, 0.5) is 5.69 Å². The molecule has 1 amide bonds. The molecule has 0 saturated carbocycles. The molecule has 2 aromatic rings. The summed E-state index contributed by atoms with van der Waals surface area (Å²) in [6, 6.07) is 5.94. The third-order valence-electron chi connectivity index (χ3n) is 3.78. The molecule has 5 heteroatoms. The molecule has 0 saturated heterocycles. The minimum atomic E-state index is -0.00913. The van der Waals surface area contributed by atoms with E-state index in [0.29, 0.717) is 6.54 Å². The number of hydrogen-bond donors (Lipinski definition) is 2. The maximum absolute atomic E-state index is 12.3. The SMILES string of the molecule is Cn1cc(CCNC(=O)c2cccc3c2NCCC3)cn1. The molecule has 0 fully saturated rings. The summed E-state index contributed by atoms with van der Waals surface area (Å²) in [5.74, 6) is -0.00913. The van der Waals surface area contributed by atoms with Gasteiger partial charge in [0.2, 0.25) is 0 Å². The molecule has 2 heterocycles. The summed E-state index contributed by atoms with van der Waals surface area (Å²) in [6.07, 6.45) is 6.76. The second kappa shape index (κ2) is 5.99. The van der Waals surface area contributed by atoms with Crippen LogP contribution in [-0.4, -0.2) is 28.8 Å². The van der Waals surface area contributed by atoms with Crippen molar-refractivity contribution in [3.8, 4) is 0 Å². The molecule has 1 aromatic carbocycles. The molecule has 2 N–H and O–H groups in total. The number of rotatable bonds is 4. The van der Waals surface area contributed by atoms with Crippen LogP contribution in [0.1, 0.15) is 27.9 Å². The molecule has 1 aromatic heterocycles. The van der Waals surface area contributed by atoms with Crippen LogP contribution in [0, 0.1) is 0 Å². The van der Waals surface area contributed by atoms with Crippen LogP contribution in [0.3, 0.4) is 0 Å². The van der Waals surface area contributed by atoms with Crippen LogP contribution in [-0.2, 0) is 19.9 Å². The van der Waals surface area contributed by atoms with Crippen molar-refractivity contribution in [1.29, 1.82) is 0 Å². The van der Waals surface area contributed by atoms with E-state index >= 15 is 0 Å². The van der Waals surface area contributed by atoms with Crippen molar-refractivity contribution in [3.05, 3.63) is 47.3 Å². The maximum atomic E-state index is 12.3. The van der Waals surface area contributed by atoms with Crippen molar-refractivity contribution >= 4 is 11.6 Å². The van der Waals surface area contributed by atoms with Gasteiger partial charge in [0.25, 0.3) is 5.91 Å². The molecular formula is C16H20N4O. The fraction of sp³-hybridized carbons (Fsp3) is 0.375. The van der Waals surface area contributed by atoms with Gasteiger partial charge in [0.1, 0.15) is 0 Å². The van der Waals surface area contributed by atoms with E-state index in [1.807, 2.05) is 31.6 Å². The lowest BCUT2D eigenvalue weighted by Crippen LogP contribution is -2.27. The first-order chi connectivity index (χ1) is 10.2. The Kier molecular flexibility index (Phi) is 3.90. The third kappa shape index (κ3) is 3.07. The lowest BCUT2D eigenvalue weighted by Gasteiger charge is -2.20. The number of benzene rings is 1. The minimum absolute atomic E-state index is 0.00913. The highest BCUT2D eigenvalue weighted by molar-refractivity contribution is 6.00. The molecule has 0 radical (unpaired) electrons. The number of carbonyl (C=O) groups excluding carboxylic acids is 1. The number of nitrogens with zero attached hydrogens (tertiary/aromatic N) is 2. The number of aryl methyl sites for hydroxylation is 2. The van der Waals surface area contributed by atoms with Gasteiger partial charge in [0.05, 0.1) is 17.4 Å². The molecule has 0 spiro atoms. The fourth-order valence-corrected chi connectivity index (χ4v) is 2.72. The van der Waals surface area contributed by atoms with E-state index in [-0.39, 0.29) is 5.91 Å². The lowest BCUT2D eigenvalue weighted by molar-refractivity contribution is 0.0955. The quantitative estimate of drug-likeness (QED) is 0.899. The van der Waals surface area contributed by atoms with Crippen molar-refractivity contribution in [2.24, 2.45) is 7.05 Å². The average molecular weight is 284 g/mol. The summed E-state index contributed by atoms with van der Waals surface area (Å²) in [5.41, 5.74) is 4.12. The Morgan fingerprint density at radius 3 is 3.19 bits per heavy atom. The largest absolute Gasteiger partial charge is 0.384 e. The predicted molar refractivity (Wildman–Crippen MR) is 82.5 cm³/mol. The molecule has 3 rings (SSSR count). The lowest BCUT2D eigenvalue weighted by atomic mass is 9.99. The molecule has 0 aliphatic carbocycles. The van der Waals surface area contributed by atoms with Crippen molar-refractivity contribution in [1.82, 2.24) is 15.1 Å². The number of aromatic nitrogens is 2. The van der Waals surface area contributed by atoms with E-state index in [1.165, 1.54) is 5.56 Å². The Labute approximate surface area is 124 Å². The predicted octanol–water partition coefficient (Wildman–Crippen LogP) is 1.75. The first-order valence-corrected chi connectivity index (χ1v) is 7.35. The van der Waals surface area contributed by atoms with E-state index in [1.54, 1.807) is 4.68 Å². The summed E-state index contributed by atoms with van der Waals surface area (Å²) in [6.45, 7) is 1.56. The van der Waals surface area contributed by atoms with Gasteiger partial charge in [0, 0.05) is 26.3 Å². The molecular weight excluding hydrogens is 264 g/mol. The van der Waals surface area contributed by atoms with Crippen LogP contribution >= 0.6 is 0 Å². The Bertz CT molecular complexity index is 647. The summed E-state index contributed by atoms with van der Waals surface area (Å²) in [5, 5.41) is 10.5. The average Bonchev–Trinajstić information content (AvgIpc) is 2.92. The first kappa shape index (κ1) is 13.7. The molecule has 1 aliphatic heterocycles. The number of hydrogen-bond acceptors (Lipinski definition) is 3. The van der Waals surface area contributed by atoms with Gasteiger partial charge in [-0.05, 0) is 36.5 Å². The number of carbonyl (C=O) groups is 1. The first-order valence-electron chi connectivity index (χ1n) is 7.35. The van der Waals surface area contributed by atoms with Gasteiger partial charge in [-0.25, -0.2) is 0 Å². The number of anilines is 1. The summed E-state index contributed by atoms with van der Waals surface area (Å²) >= 11 is 0. The van der Waals surface area contributed by atoms with Crippen molar-refractivity contribution in [3.63, 3.8) is 0 Å². The van der Waals surface area contributed by atoms with E-state index < -0.39 is 0 Å². The zero-order valence-electron chi connectivity index (χ0n) is 12.2. The van der Waals surface area contributed by atoms with E-state index in [9.17, 15) is 4.79 Å². The molecule has 110 valence electrons. The third-order valence-corrected chi connectivity index (χ3v) is 3.78. The van der Waals surface area contributed by atoms with Gasteiger partial charge in [-0.1, -0.05) is 12.1 Å². The van der Waals surface area contributed by atoms with Crippen molar-refractivity contribution < 1.29 is 4.79 Å². The van der Waals surface area contributed by atoms with Gasteiger partial charge in [-0.15, -0.1) is 0 Å². The standard InChI is InChI=1S/C16H20N4O/c1-20-11-12(10-19-20)7-9-18-16(21)14-6-2-4-13-5-3-8-17-15(13)14/h2,4,6,10-11,17H,3,5,7-9H2,1H3,(H,18,21). The van der Waals surface area contributed by atoms with E-state index in [4.69, 9.17) is 0 Å². The highest BCUT2D eigenvalue weighted by Gasteiger charge is 2.16. The monoisotopic (exact) mass is 284 g/mol. The number of amides is 1. The number of nitrogens with one attached hydrogen (secondary N) is 2. The minimum Gasteiger partial charge on any atom is -0.384 e. The van der Waals surface area contributed by atoms with Crippen molar-refractivity contribution in [2.75, 3.05) is 18.4 Å². The highest BCUT2D eigenvalue weighted by Crippen LogP contribution is 2.25. The Morgan fingerprint density at radius 2 is 2.38 bits per heavy atom. The summed E-state index contributed by atoms with van der Waals surface area (Å²) in [4.78, 5) is 12.3. The Hall–Kier alpha value is -2.30. The molecule has 21 heavy (non-hydrogen) atoms. The topological polar surface area (TPSA) is 59.0 Å². The van der Waals surface area contributed by atoms with Gasteiger partial charge < -0.3 is 10.6 Å². The van der Waals surface area contributed by atoms with Crippen molar-refractivity contribution in [2.45, 2.75) is 19.3 Å². The van der Waals surface area contributed by atoms with Gasteiger partial charge in [-0.2, -0.15) is 5.10 Å². The summed E-state index contributed by atoms with van der Waals surface area (Å²) < 4.78 is 1.77. The molecule has 0 bridgehead atoms.